The largest absolute Gasteiger partial charge is 0.497 e. The minimum absolute atomic E-state index is 0.128. The smallest absolute Gasteiger partial charge is 0.227 e. The number of benzene rings is 2. The second-order valence-electron chi connectivity index (χ2n) is 5.74. The SMILES string of the molecule is COc1ccc(Nc2ccc(NC(=O)[C@H]3C[C@H]3C)cc2)cc1. The minimum Gasteiger partial charge on any atom is -0.497 e. The Morgan fingerprint density at radius 1 is 1.00 bits per heavy atom. The van der Waals surface area contributed by atoms with Gasteiger partial charge in [0, 0.05) is 23.0 Å². The molecule has 3 rings (SSSR count). The molecule has 1 amide bonds. The first kappa shape index (κ1) is 14.4. The fourth-order valence-corrected chi connectivity index (χ4v) is 2.40. The Balaban J connectivity index is 1.59. The molecule has 0 saturated heterocycles. The van der Waals surface area contributed by atoms with Crippen LogP contribution in [0.25, 0.3) is 0 Å². The molecule has 0 radical (unpaired) electrons. The fourth-order valence-electron chi connectivity index (χ4n) is 2.40. The van der Waals surface area contributed by atoms with Gasteiger partial charge >= 0.3 is 0 Å². The molecular formula is C18H20N2O2. The predicted molar refractivity (Wildman–Crippen MR) is 88.6 cm³/mol. The van der Waals surface area contributed by atoms with E-state index in [-0.39, 0.29) is 11.8 Å². The lowest BCUT2D eigenvalue weighted by atomic mass is 10.2. The summed E-state index contributed by atoms with van der Waals surface area (Å²) in [6, 6.07) is 15.5. The molecule has 1 saturated carbocycles. The van der Waals surface area contributed by atoms with E-state index in [9.17, 15) is 4.79 Å². The highest BCUT2D eigenvalue weighted by Crippen LogP contribution is 2.38. The number of rotatable bonds is 5. The van der Waals surface area contributed by atoms with E-state index in [2.05, 4.69) is 17.6 Å². The molecule has 22 heavy (non-hydrogen) atoms. The third-order valence-electron chi connectivity index (χ3n) is 3.98. The summed E-state index contributed by atoms with van der Waals surface area (Å²) in [5.74, 6) is 1.68. The van der Waals surface area contributed by atoms with Crippen LogP contribution in [0.1, 0.15) is 13.3 Å². The van der Waals surface area contributed by atoms with Gasteiger partial charge in [0.1, 0.15) is 5.75 Å². The highest BCUT2D eigenvalue weighted by Gasteiger charge is 2.38. The minimum atomic E-state index is 0.128. The molecule has 114 valence electrons. The number of hydrogen-bond acceptors (Lipinski definition) is 3. The molecule has 0 bridgehead atoms. The van der Waals surface area contributed by atoms with Crippen LogP contribution in [0.5, 0.6) is 5.75 Å². The van der Waals surface area contributed by atoms with Crippen molar-refractivity contribution in [3.8, 4) is 5.75 Å². The van der Waals surface area contributed by atoms with Crippen molar-refractivity contribution in [1.82, 2.24) is 0 Å². The van der Waals surface area contributed by atoms with Gasteiger partial charge in [0.15, 0.2) is 0 Å². The summed E-state index contributed by atoms with van der Waals surface area (Å²) in [5, 5.41) is 6.27. The van der Waals surface area contributed by atoms with Gasteiger partial charge in [-0.2, -0.15) is 0 Å². The third kappa shape index (κ3) is 3.39. The highest BCUT2D eigenvalue weighted by atomic mass is 16.5. The number of nitrogens with one attached hydrogen (secondary N) is 2. The molecule has 0 heterocycles. The summed E-state index contributed by atoms with van der Waals surface area (Å²) in [5.41, 5.74) is 2.80. The van der Waals surface area contributed by atoms with E-state index in [0.717, 1.165) is 29.2 Å². The zero-order valence-electron chi connectivity index (χ0n) is 12.8. The second-order valence-corrected chi connectivity index (χ2v) is 5.74. The molecular weight excluding hydrogens is 276 g/mol. The van der Waals surface area contributed by atoms with Crippen LogP contribution in [0, 0.1) is 11.8 Å². The van der Waals surface area contributed by atoms with Gasteiger partial charge in [0.25, 0.3) is 0 Å². The Kier molecular flexibility index (Phi) is 4.00. The van der Waals surface area contributed by atoms with Crippen LogP contribution in [0.3, 0.4) is 0 Å². The second kappa shape index (κ2) is 6.10. The average molecular weight is 296 g/mol. The molecule has 4 nitrogen and oxygen atoms in total. The van der Waals surface area contributed by atoms with Crippen molar-refractivity contribution in [3.05, 3.63) is 48.5 Å². The van der Waals surface area contributed by atoms with E-state index >= 15 is 0 Å². The maximum absolute atomic E-state index is 11.9. The summed E-state index contributed by atoms with van der Waals surface area (Å²) < 4.78 is 5.14. The van der Waals surface area contributed by atoms with Gasteiger partial charge in [0.05, 0.1) is 7.11 Å². The molecule has 2 aromatic carbocycles. The van der Waals surface area contributed by atoms with Crippen molar-refractivity contribution in [3.63, 3.8) is 0 Å². The molecule has 2 aromatic rings. The first-order chi connectivity index (χ1) is 10.7. The average Bonchev–Trinajstić information content (AvgIpc) is 3.27. The first-order valence-corrected chi connectivity index (χ1v) is 7.48. The van der Waals surface area contributed by atoms with Crippen molar-refractivity contribution in [2.45, 2.75) is 13.3 Å². The monoisotopic (exact) mass is 296 g/mol. The summed E-state index contributed by atoms with van der Waals surface area (Å²) >= 11 is 0. The Bertz CT molecular complexity index is 650. The standard InChI is InChI=1S/C18H20N2O2/c1-12-11-17(12)18(21)20-15-5-3-13(4-6-15)19-14-7-9-16(22-2)10-8-14/h3-10,12,17,19H,11H2,1-2H3,(H,20,21)/t12-,17+/m1/s1. The van der Waals surface area contributed by atoms with Crippen LogP contribution in [-0.2, 0) is 4.79 Å². The maximum atomic E-state index is 11.9. The molecule has 1 fully saturated rings. The lowest BCUT2D eigenvalue weighted by Crippen LogP contribution is -2.14. The molecule has 0 aromatic heterocycles. The summed E-state index contributed by atoms with van der Waals surface area (Å²) in [6.45, 7) is 2.10. The number of hydrogen-bond donors (Lipinski definition) is 2. The van der Waals surface area contributed by atoms with Crippen molar-refractivity contribution < 1.29 is 9.53 Å². The van der Waals surface area contributed by atoms with Gasteiger partial charge in [-0.15, -0.1) is 0 Å². The maximum Gasteiger partial charge on any atom is 0.227 e. The van der Waals surface area contributed by atoms with Crippen molar-refractivity contribution in [2.75, 3.05) is 17.7 Å². The van der Waals surface area contributed by atoms with Gasteiger partial charge in [0.2, 0.25) is 5.91 Å². The van der Waals surface area contributed by atoms with E-state index in [4.69, 9.17) is 4.74 Å². The Hall–Kier alpha value is -2.49. The first-order valence-electron chi connectivity index (χ1n) is 7.48. The molecule has 1 aliphatic carbocycles. The molecule has 4 heteroatoms. The predicted octanol–water partition coefficient (Wildman–Crippen LogP) is 4.03. The molecule has 2 atom stereocenters. The zero-order valence-corrected chi connectivity index (χ0v) is 12.8. The summed E-state index contributed by atoms with van der Waals surface area (Å²) in [6.07, 6.45) is 1.00. The Morgan fingerprint density at radius 3 is 2.00 bits per heavy atom. The van der Waals surface area contributed by atoms with Crippen LogP contribution in [0.4, 0.5) is 17.1 Å². The molecule has 0 aliphatic heterocycles. The highest BCUT2D eigenvalue weighted by molar-refractivity contribution is 5.94. The third-order valence-corrected chi connectivity index (χ3v) is 3.98. The normalized spacial score (nSPS) is 19.4. The van der Waals surface area contributed by atoms with Crippen LogP contribution >= 0.6 is 0 Å². The molecule has 0 spiro atoms. The van der Waals surface area contributed by atoms with E-state index in [1.54, 1.807) is 7.11 Å². The Labute approximate surface area is 130 Å². The number of ether oxygens (including phenoxy) is 1. The van der Waals surface area contributed by atoms with E-state index < -0.39 is 0 Å². The zero-order chi connectivity index (χ0) is 15.5. The van der Waals surface area contributed by atoms with Crippen molar-refractivity contribution in [1.29, 1.82) is 0 Å². The van der Waals surface area contributed by atoms with Crippen molar-refractivity contribution in [2.24, 2.45) is 11.8 Å². The number of carbonyl (C=O) groups excluding carboxylic acids is 1. The van der Waals surface area contributed by atoms with E-state index in [1.807, 2.05) is 48.5 Å². The van der Waals surface area contributed by atoms with Gasteiger partial charge in [-0.05, 0) is 60.9 Å². The number of carbonyl (C=O) groups is 1. The van der Waals surface area contributed by atoms with Crippen LogP contribution in [0.15, 0.2) is 48.5 Å². The van der Waals surface area contributed by atoms with E-state index in [1.165, 1.54) is 0 Å². The fraction of sp³-hybridized carbons (Fsp3) is 0.278. The van der Waals surface area contributed by atoms with Gasteiger partial charge < -0.3 is 15.4 Å². The number of amides is 1. The van der Waals surface area contributed by atoms with Gasteiger partial charge in [-0.25, -0.2) is 0 Å². The lowest BCUT2D eigenvalue weighted by molar-refractivity contribution is -0.117. The van der Waals surface area contributed by atoms with Crippen LogP contribution < -0.4 is 15.4 Å². The quantitative estimate of drug-likeness (QED) is 0.875. The molecule has 0 unspecified atom stereocenters. The van der Waals surface area contributed by atoms with Crippen molar-refractivity contribution >= 4 is 23.0 Å². The van der Waals surface area contributed by atoms with E-state index in [0.29, 0.717) is 5.92 Å². The summed E-state index contributed by atoms with van der Waals surface area (Å²) in [7, 11) is 1.65. The number of anilines is 3. The molecule has 2 N–H and O–H groups in total. The lowest BCUT2D eigenvalue weighted by Gasteiger charge is -2.09. The van der Waals surface area contributed by atoms with Crippen LogP contribution in [-0.4, -0.2) is 13.0 Å². The number of methoxy groups -OCH3 is 1. The Morgan fingerprint density at radius 2 is 1.50 bits per heavy atom. The van der Waals surface area contributed by atoms with Crippen LogP contribution in [0.2, 0.25) is 0 Å². The van der Waals surface area contributed by atoms with Gasteiger partial charge in [-0.3, -0.25) is 4.79 Å². The summed E-state index contributed by atoms with van der Waals surface area (Å²) in [4.78, 5) is 11.9. The topological polar surface area (TPSA) is 50.4 Å². The van der Waals surface area contributed by atoms with Gasteiger partial charge in [-0.1, -0.05) is 6.92 Å². The molecule has 1 aliphatic rings.